The van der Waals surface area contributed by atoms with E-state index in [1.807, 2.05) is 13.0 Å². The summed E-state index contributed by atoms with van der Waals surface area (Å²) in [4.78, 5) is 23.6. The Hall–Kier alpha value is -2.76. The van der Waals surface area contributed by atoms with Gasteiger partial charge in [0.15, 0.2) is 0 Å². The molecule has 2 aromatic rings. The van der Waals surface area contributed by atoms with E-state index in [-0.39, 0.29) is 5.91 Å². The number of aromatic amines is 1. The first-order valence-corrected chi connectivity index (χ1v) is 7.12. The number of hydrogen-bond acceptors (Lipinski definition) is 4. The first-order valence-electron chi connectivity index (χ1n) is 7.12. The van der Waals surface area contributed by atoms with Crippen LogP contribution in [0.3, 0.4) is 0 Å². The van der Waals surface area contributed by atoms with Crippen molar-refractivity contribution in [3.63, 3.8) is 0 Å². The van der Waals surface area contributed by atoms with Gasteiger partial charge in [-0.25, -0.2) is 5.43 Å². The molecule has 0 bridgehead atoms. The van der Waals surface area contributed by atoms with Crippen LogP contribution in [0.4, 0.5) is 0 Å². The van der Waals surface area contributed by atoms with Crippen LogP contribution in [0.25, 0.3) is 6.08 Å². The zero-order valence-electron chi connectivity index (χ0n) is 12.7. The molecular weight excluding hydrogens is 278 g/mol. The highest BCUT2D eigenvalue weighted by atomic mass is 16.2. The van der Waals surface area contributed by atoms with Gasteiger partial charge in [0.05, 0.1) is 11.8 Å². The molecule has 2 N–H and O–H groups in total. The predicted octanol–water partition coefficient (Wildman–Crippen LogP) is 2.15. The fourth-order valence-electron chi connectivity index (χ4n) is 2.46. The molecule has 0 saturated carbocycles. The SMILES string of the molecule is Cc1cc(C(C)C)c(C=C2C(=O)NN=C2c2cnccn2)[nH]1. The van der Waals surface area contributed by atoms with Crippen molar-refractivity contribution in [2.45, 2.75) is 26.7 Å². The molecule has 22 heavy (non-hydrogen) atoms. The number of amides is 1. The second-order valence-corrected chi connectivity index (χ2v) is 5.53. The summed E-state index contributed by atoms with van der Waals surface area (Å²) in [7, 11) is 0. The van der Waals surface area contributed by atoms with Gasteiger partial charge in [-0.05, 0) is 30.5 Å². The largest absolute Gasteiger partial charge is 0.359 e. The molecule has 3 rings (SSSR count). The van der Waals surface area contributed by atoms with Gasteiger partial charge in [0.25, 0.3) is 5.91 Å². The van der Waals surface area contributed by atoms with Crippen LogP contribution < -0.4 is 5.43 Å². The summed E-state index contributed by atoms with van der Waals surface area (Å²) in [6, 6.07) is 2.10. The molecule has 0 saturated heterocycles. The van der Waals surface area contributed by atoms with Crippen molar-refractivity contribution in [2.75, 3.05) is 0 Å². The van der Waals surface area contributed by atoms with E-state index in [0.717, 1.165) is 11.4 Å². The third kappa shape index (κ3) is 2.55. The van der Waals surface area contributed by atoms with Gasteiger partial charge in [0, 0.05) is 23.8 Å². The average molecular weight is 295 g/mol. The number of nitrogens with zero attached hydrogens (tertiary/aromatic N) is 3. The molecule has 6 nitrogen and oxygen atoms in total. The number of hydrazone groups is 1. The van der Waals surface area contributed by atoms with Gasteiger partial charge in [0.1, 0.15) is 11.4 Å². The molecule has 0 unspecified atom stereocenters. The molecule has 1 aliphatic heterocycles. The van der Waals surface area contributed by atoms with Crippen LogP contribution in [0.2, 0.25) is 0 Å². The molecule has 3 heterocycles. The maximum atomic E-state index is 12.1. The molecule has 112 valence electrons. The lowest BCUT2D eigenvalue weighted by molar-refractivity contribution is -0.116. The van der Waals surface area contributed by atoms with E-state index in [0.29, 0.717) is 22.9 Å². The summed E-state index contributed by atoms with van der Waals surface area (Å²) in [5.74, 6) is 0.126. The summed E-state index contributed by atoms with van der Waals surface area (Å²) in [5.41, 5.74) is 7.23. The first kappa shape index (κ1) is 14.2. The Morgan fingerprint density at radius 3 is 2.77 bits per heavy atom. The van der Waals surface area contributed by atoms with Gasteiger partial charge in [-0.1, -0.05) is 13.8 Å². The van der Waals surface area contributed by atoms with Crippen molar-refractivity contribution < 1.29 is 4.79 Å². The highest BCUT2D eigenvalue weighted by Crippen LogP contribution is 2.24. The zero-order valence-corrected chi connectivity index (χ0v) is 12.7. The van der Waals surface area contributed by atoms with Gasteiger partial charge in [-0.2, -0.15) is 5.10 Å². The number of nitrogens with one attached hydrogen (secondary N) is 2. The lowest BCUT2D eigenvalue weighted by Crippen LogP contribution is -2.14. The zero-order chi connectivity index (χ0) is 15.7. The molecule has 0 radical (unpaired) electrons. The van der Waals surface area contributed by atoms with Crippen LogP contribution in [0.15, 0.2) is 35.3 Å². The number of carbonyl (C=O) groups excluding carboxylic acids is 1. The third-order valence-corrected chi connectivity index (χ3v) is 3.50. The predicted molar refractivity (Wildman–Crippen MR) is 84.3 cm³/mol. The van der Waals surface area contributed by atoms with Crippen molar-refractivity contribution in [2.24, 2.45) is 5.10 Å². The average Bonchev–Trinajstić information content (AvgIpc) is 3.04. The smallest absolute Gasteiger partial charge is 0.273 e. The Morgan fingerprint density at radius 2 is 2.09 bits per heavy atom. The number of aryl methyl sites for hydroxylation is 1. The van der Waals surface area contributed by atoms with Crippen molar-refractivity contribution in [3.8, 4) is 0 Å². The van der Waals surface area contributed by atoms with Crippen LogP contribution >= 0.6 is 0 Å². The molecule has 1 aliphatic rings. The van der Waals surface area contributed by atoms with Gasteiger partial charge >= 0.3 is 0 Å². The lowest BCUT2D eigenvalue weighted by Gasteiger charge is -2.05. The number of rotatable bonds is 3. The van der Waals surface area contributed by atoms with E-state index < -0.39 is 0 Å². The van der Waals surface area contributed by atoms with Crippen LogP contribution in [0.5, 0.6) is 0 Å². The Balaban J connectivity index is 2.06. The van der Waals surface area contributed by atoms with Crippen LogP contribution in [0.1, 0.15) is 42.4 Å². The molecule has 6 heteroatoms. The lowest BCUT2D eigenvalue weighted by atomic mass is 10.0. The van der Waals surface area contributed by atoms with E-state index in [9.17, 15) is 4.79 Å². The van der Waals surface area contributed by atoms with Crippen LogP contribution in [-0.4, -0.2) is 26.6 Å². The number of hydrogen-bond donors (Lipinski definition) is 2. The maximum Gasteiger partial charge on any atom is 0.273 e. The minimum atomic E-state index is -0.234. The van der Waals surface area contributed by atoms with Gasteiger partial charge in [-0.15, -0.1) is 0 Å². The van der Waals surface area contributed by atoms with Crippen LogP contribution in [-0.2, 0) is 4.79 Å². The highest BCUT2D eigenvalue weighted by Gasteiger charge is 2.25. The maximum absolute atomic E-state index is 12.1. The molecule has 1 amide bonds. The number of H-pyrrole nitrogens is 1. The molecular formula is C16H17N5O. The fraction of sp³-hybridized carbons (Fsp3) is 0.250. The van der Waals surface area contributed by atoms with Crippen molar-refractivity contribution in [1.29, 1.82) is 0 Å². The number of carbonyl (C=O) groups is 1. The van der Waals surface area contributed by atoms with E-state index in [2.05, 4.69) is 45.4 Å². The van der Waals surface area contributed by atoms with Crippen molar-refractivity contribution in [1.82, 2.24) is 20.4 Å². The third-order valence-electron chi connectivity index (χ3n) is 3.50. The molecule has 0 fully saturated rings. The minimum Gasteiger partial charge on any atom is -0.359 e. The quantitative estimate of drug-likeness (QED) is 0.851. The monoisotopic (exact) mass is 295 g/mol. The van der Waals surface area contributed by atoms with Crippen molar-refractivity contribution >= 4 is 17.7 Å². The fourth-order valence-corrected chi connectivity index (χ4v) is 2.46. The molecule has 0 aromatic carbocycles. The number of aromatic nitrogens is 3. The van der Waals surface area contributed by atoms with Gasteiger partial charge in [0.2, 0.25) is 0 Å². The molecule has 2 aromatic heterocycles. The van der Waals surface area contributed by atoms with Crippen molar-refractivity contribution in [3.05, 3.63) is 52.9 Å². The minimum absolute atomic E-state index is 0.234. The summed E-state index contributed by atoms with van der Waals surface area (Å²) >= 11 is 0. The van der Waals surface area contributed by atoms with Crippen LogP contribution in [0, 0.1) is 6.92 Å². The second-order valence-electron chi connectivity index (χ2n) is 5.53. The molecule has 0 spiro atoms. The summed E-state index contributed by atoms with van der Waals surface area (Å²) in [5, 5.41) is 4.08. The Kier molecular flexibility index (Phi) is 3.58. The Labute approximate surface area is 128 Å². The van der Waals surface area contributed by atoms with E-state index in [4.69, 9.17) is 0 Å². The van der Waals surface area contributed by atoms with Gasteiger partial charge in [-0.3, -0.25) is 14.8 Å². The van der Waals surface area contributed by atoms with E-state index in [1.165, 1.54) is 5.56 Å². The summed E-state index contributed by atoms with van der Waals surface area (Å²) in [6.07, 6.45) is 6.59. The molecule has 0 aliphatic carbocycles. The normalized spacial score (nSPS) is 16.3. The summed E-state index contributed by atoms with van der Waals surface area (Å²) in [6.45, 7) is 6.24. The van der Waals surface area contributed by atoms with Gasteiger partial charge < -0.3 is 4.98 Å². The Bertz CT molecular complexity index is 771. The molecule has 0 atom stereocenters. The highest BCUT2D eigenvalue weighted by molar-refractivity contribution is 6.32. The first-order chi connectivity index (χ1) is 10.6. The Morgan fingerprint density at radius 1 is 1.27 bits per heavy atom. The standard InChI is InChI=1S/C16H17N5O/c1-9(2)11-6-10(3)19-13(11)7-12-15(20-21-16(12)22)14-8-17-4-5-18-14/h4-9,19H,1-3H3,(H,21,22). The second kappa shape index (κ2) is 5.55. The topological polar surface area (TPSA) is 83.0 Å². The van der Waals surface area contributed by atoms with E-state index in [1.54, 1.807) is 18.6 Å². The summed E-state index contributed by atoms with van der Waals surface area (Å²) < 4.78 is 0. The van der Waals surface area contributed by atoms with E-state index >= 15 is 0 Å².